The molecule has 0 amide bonds. The highest BCUT2D eigenvalue weighted by Gasteiger charge is 2.53. The summed E-state index contributed by atoms with van der Waals surface area (Å²) in [5.74, 6) is 0. The van der Waals surface area contributed by atoms with Crippen LogP contribution in [0.1, 0.15) is 22.3 Å². The van der Waals surface area contributed by atoms with E-state index in [0.717, 1.165) is 22.1 Å². The molecule has 6 heteroatoms. The fraction of sp³-hybridized carbons (Fsp3) is 0.0222. The summed E-state index contributed by atoms with van der Waals surface area (Å²) < 4.78 is 4.80. The maximum atomic E-state index is 4.66. The first kappa shape index (κ1) is 25.1. The normalized spacial score (nSPS) is 14.4. The molecule has 0 N–H and O–H groups in total. The van der Waals surface area contributed by atoms with Gasteiger partial charge in [-0.15, -0.1) is 0 Å². The first-order chi connectivity index (χ1) is 25.4. The molecule has 6 nitrogen and oxygen atoms in total. The van der Waals surface area contributed by atoms with E-state index in [-0.39, 0.29) is 0 Å². The summed E-state index contributed by atoms with van der Waals surface area (Å²) in [5, 5.41) is 9.88. The number of rotatable bonds is 0. The van der Waals surface area contributed by atoms with Crippen molar-refractivity contribution in [2.75, 3.05) is 0 Å². The van der Waals surface area contributed by atoms with E-state index >= 15 is 0 Å². The predicted molar refractivity (Wildman–Crippen MR) is 203 cm³/mol. The minimum absolute atomic E-state index is 0.540. The average molecular weight is 647 g/mol. The number of hydrogen-bond acceptors (Lipinski definition) is 4. The molecule has 0 bridgehead atoms. The molecule has 0 atom stereocenters. The van der Waals surface area contributed by atoms with E-state index < -0.39 is 5.41 Å². The lowest BCUT2D eigenvalue weighted by Gasteiger charge is -2.30. The second-order valence-corrected chi connectivity index (χ2v) is 14.2. The molecule has 232 valence electrons. The van der Waals surface area contributed by atoms with Crippen LogP contribution in [-0.4, -0.2) is 28.7 Å². The predicted octanol–water partition coefficient (Wildman–Crippen LogP) is 9.91. The molecule has 2 aliphatic rings. The van der Waals surface area contributed by atoms with Gasteiger partial charge in [0.25, 0.3) is 0 Å². The lowest BCUT2D eigenvalue weighted by molar-refractivity contribution is 0.797. The Labute approximate surface area is 288 Å². The summed E-state index contributed by atoms with van der Waals surface area (Å²) in [5.41, 5.74) is 16.9. The summed E-state index contributed by atoms with van der Waals surface area (Å²) >= 11 is 0. The van der Waals surface area contributed by atoms with Crippen LogP contribution in [0, 0.1) is 0 Å². The molecule has 4 aromatic carbocycles. The van der Waals surface area contributed by atoms with Crippen molar-refractivity contribution in [1.29, 1.82) is 0 Å². The van der Waals surface area contributed by atoms with Crippen LogP contribution < -0.4 is 0 Å². The second-order valence-electron chi connectivity index (χ2n) is 14.2. The van der Waals surface area contributed by atoms with E-state index in [9.17, 15) is 0 Å². The van der Waals surface area contributed by atoms with E-state index in [1.807, 2.05) is 49.6 Å². The van der Waals surface area contributed by atoms with Crippen LogP contribution >= 0.6 is 0 Å². The fourth-order valence-corrected chi connectivity index (χ4v) is 10.7. The highest BCUT2D eigenvalue weighted by molar-refractivity contribution is 6.34. The molecule has 8 heterocycles. The maximum Gasteiger partial charge on any atom is 0.0726 e. The minimum atomic E-state index is -0.540. The van der Waals surface area contributed by atoms with Crippen LogP contribution in [-0.2, 0) is 5.41 Å². The van der Waals surface area contributed by atoms with Gasteiger partial charge in [-0.3, -0.25) is 19.9 Å². The van der Waals surface area contributed by atoms with Gasteiger partial charge in [0.05, 0.1) is 63.3 Å². The van der Waals surface area contributed by atoms with Crippen LogP contribution in [0.25, 0.3) is 98.4 Å². The molecule has 0 unspecified atom stereocenters. The standard InChI is InChI=1S/C45H22N6/c1-3-7-31-23(5-1)24-6-2-4-8-32(24)45(31)33-17-29-25-9-13-46-19-35(25)50-37-21-48-15-11-27(37)39(43(29)50)41(33)42-34(45)18-30-26-10-14-47-20-36(26)51-38-22-49-16-12-28(38)40(42)44(30)51/h1-22H. The summed E-state index contributed by atoms with van der Waals surface area (Å²) in [6.07, 6.45) is 15.8. The number of aromatic nitrogens is 6. The van der Waals surface area contributed by atoms with Crippen molar-refractivity contribution in [3.63, 3.8) is 0 Å². The van der Waals surface area contributed by atoms with Gasteiger partial charge in [-0.05, 0) is 80.9 Å². The third-order valence-electron chi connectivity index (χ3n) is 12.3. The van der Waals surface area contributed by atoms with Crippen LogP contribution in [0.5, 0.6) is 0 Å². The van der Waals surface area contributed by atoms with Crippen molar-refractivity contribution < 1.29 is 0 Å². The van der Waals surface area contributed by atoms with Crippen molar-refractivity contribution in [3.8, 4) is 22.3 Å². The van der Waals surface area contributed by atoms with E-state index in [1.165, 1.54) is 98.6 Å². The zero-order valence-corrected chi connectivity index (χ0v) is 26.9. The SMILES string of the molecule is c1ccc2c(c1)-c1ccccc1C21c2cc3c4ccncc4n4c5cnccc5c(c2-c2c1cc1c5ccncc5n5c6cnccc6c2c15)c34. The van der Waals surface area contributed by atoms with Crippen LogP contribution in [0.4, 0.5) is 0 Å². The lowest BCUT2D eigenvalue weighted by atomic mass is 9.70. The highest BCUT2D eigenvalue weighted by Crippen LogP contribution is 2.67. The van der Waals surface area contributed by atoms with Gasteiger partial charge in [0.2, 0.25) is 0 Å². The highest BCUT2D eigenvalue weighted by atomic mass is 14.9. The number of pyridine rings is 4. The molecule has 0 radical (unpaired) electrons. The first-order valence-electron chi connectivity index (χ1n) is 17.4. The van der Waals surface area contributed by atoms with Gasteiger partial charge in [-0.2, -0.15) is 0 Å². The van der Waals surface area contributed by atoms with Crippen molar-refractivity contribution >= 4 is 76.2 Å². The molecule has 14 rings (SSSR count). The maximum absolute atomic E-state index is 4.66. The molecule has 2 aliphatic carbocycles. The van der Waals surface area contributed by atoms with Crippen molar-refractivity contribution in [3.05, 3.63) is 157 Å². The Morgan fingerprint density at radius 3 is 1.24 bits per heavy atom. The average Bonchev–Trinajstić information content (AvgIpc) is 4.01. The lowest BCUT2D eigenvalue weighted by Crippen LogP contribution is -2.25. The van der Waals surface area contributed by atoms with Gasteiger partial charge in [0, 0.05) is 67.9 Å². The topological polar surface area (TPSA) is 60.4 Å². The Hall–Kier alpha value is -6.92. The fourth-order valence-electron chi connectivity index (χ4n) is 10.7. The molecule has 0 fully saturated rings. The summed E-state index contributed by atoms with van der Waals surface area (Å²) in [6.45, 7) is 0. The molecular formula is C45H22N6. The summed E-state index contributed by atoms with van der Waals surface area (Å²) in [6, 6.07) is 32.0. The van der Waals surface area contributed by atoms with E-state index in [2.05, 4.69) is 114 Å². The molecule has 51 heavy (non-hydrogen) atoms. The van der Waals surface area contributed by atoms with Gasteiger partial charge in [-0.25, -0.2) is 0 Å². The smallest absolute Gasteiger partial charge is 0.0726 e. The van der Waals surface area contributed by atoms with Gasteiger partial charge >= 0.3 is 0 Å². The zero-order valence-electron chi connectivity index (χ0n) is 26.9. The van der Waals surface area contributed by atoms with Crippen molar-refractivity contribution in [1.82, 2.24) is 28.7 Å². The molecule has 8 aromatic heterocycles. The van der Waals surface area contributed by atoms with Crippen LogP contribution in [0.2, 0.25) is 0 Å². The molecule has 0 saturated carbocycles. The van der Waals surface area contributed by atoms with Crippen molar-refractivity contribution in [2.45, 2.75) is 5.41 Å². The molecule has 12 aromatic rings. The molecule has 0 saturated heterocycles. The third-order valence-corrected chi connectivity index (χ3v) is 12.3. The zero-order chi connectivity index (χ0) is 32.7. The monoisotopic (exact) mass is 646 g/mol. The second kappa shape index (κ2) is 8.09. The Kier molecular flexibility index (Phi) is 3.98. The van der Waals surface area contributed by atoms with E-state index in [0.29, 0.717) is 0 Å². The van der Waals surface area contributed by atoms with Gasteiger partial charge in [-0.1, -0.05) is 48.5 Å². The Bertz CT molecular complexity index is 3310. The Balaban J connectivity index is 1.36. The first-order valence-corrected chi connectivity index (χ1v) is 17.4. The van der Waals surface area contributed by atoms with E-state index in [1.54, 1.807) is 0 Å². The number of nitrogens with zero attached hydrogens (tertiary/aromatic N) is 6. The molecular weight excluding hydrogens is 625 g/mol. The largest absolute Gasteiger partial charge is 0.305 e. The van der Waals surface area contributed by atoms with Gasteiger partial charge in [0.1, 0.15) is 0 Å². The van der Waals surface area contributed by atoms with Crippen molar-refractivity contribution in [2.24, 2.45) is 0 Å². The van der Waals surface area contributed by atoms with Gasteiger partial charge in [0.15, 0.2) is 0 Å². The van der Waals surface area contributed by atoms with E-state index in [4.69, 9.17) is 0 Å². The number of hydrogen-bond donors (Lipinski definition) is 0. The van der Waals surface area contributed by atoms with Crippen LogP contribution in [0.3, 0.4) is 0 Å². The summed E-state index contributed by atoms with van der Waals surface area (Å²) in [4.78, 5) is 18.6. The van der Waals surface area contributed by atoms with Crippen LogP contribution in [0.15, 0.2) is 135 Å². The molecule has 1 spiro atoms. The Morgan fingerprint density at radius 1 is 0.392 bits per heavy atom. The summed E-state index contributed by atoms with van der Waals surface area (Å²) in [7, 11) is 0. The van der Waals surface area contributed by atoms with Gasteiger partial charge < -0.3 is 8.80 Å². The number of benzene rings is 4. The Morgan fingerprint density at radius 2 is 0.784 bits per heavy atom. The minimum Gasteiger partial charge on any atom is -0.305 e. The molecule has 0 aliphatic heterocycles. The quantitative estimate of drug-likeness (QED) is 0.165. The third kappa shape index (κ3) is 2.48. The number of fused-ring (bicyclic) bond motifs is 24.